The van der Waals surface area contributed by atoms with E-state index in [1.165, 1.54) is 18.2 Å². The number of benzene rings is 1. The van der Waals surface area contributed by atoms with Gasteiger partial charge in [0.05, 0.1) is 5.69 Å². The van der Waals surface area contributed by atoms with Crippen molar-refractivity contribution in [2.24, 2.45) is 0 Å². The molecule has 2 heterocycles. The molecule has 2 aromatic heterocycles. The van der Waals surface area contributed by atoms with Crippen molar-refractivity contribution >= 4 is 11.6 Å². The number of H-pyrrole nitrogens is 1. The first kappa shape index (κ1) is 13.0. The Balaban J connectivity index is 1.91. The molecule has 6 heteroatoms. The van der Waals surface area contributed by atoms with Crippen molar-refractivity contribution in [3.8, 4) is 11.3 Å². The van der Waals surface area contributed by atoms with Gasteiger partial charge in [0.15, 0.2) is 0 Å². The SMILES string of the molecule is O=c1cc(-c2ccnc(Nc3cccc(F)c3)n2)cc[nH]1. The molecule has 3 aromatic rings. The van der Waals surface area contributed by atoms with Crippen LogP contribution in [0.5, 0.6) is 0 Å². The van der Waals surface area contributed by atoms with Gasteiger partial charge in [-0.3, -0.25) is 4.79 Å². The molecule has 0 aliphatic carbocycles. The quantitative estimate of drug-likeness (QED) is 0.775. The number of nitrogens with one attached hydrogen (secondary N) is 2. The van der Waals surface area contributed by atoms with E-state index in [1.54, 1.807) is 36.7 Å². The smallest absolute Gasteiger partial charge is 0.248 e. The summed E-state index contributed by atoms with van der Waals surface area (Å²) in [5.41, 5.74) is 1.64. The van der Waals surface area contributed by atoms with Gasteiger partial charge in [-0.2, -0.15) is 0 Å². The van der Waals surface area contributed by atoms with E-state index in [0.29, 0.717) is 22.9 Å². The molecule has 2 N–H and O–H groups in total. The van der Waals surface area contributed by atoms with Gasteiger partial charge in [0, 0.05) is 29.7 Å². The number of pyridine rings is 1. The maximum Gasteiger partial charge on any atom is 0.248 e. The summed E-state index contributed by atoms with van der Waals surface area (Å²) < 4.78 is 13.1. The van der Waals surface area contributed by atoms with E-state index in [2.05, 4.69) is 20.3 Å². The van der Waals surface area contributed by atoms with E-state index in [9.17, 15) is 9.18 Å². The second-order valence-electron chi connectivity index (χ2n) is 4.34. The second-order valence-corrected chi connectivity index (χ2v) is 4.34. The Kier molecular flexibility index (Phi) is 3.42. The Hall–Kier alpha value is -3.02. The minimum Gasteiger partial charge on any atom is -0.329 e. The lowest BCUT2D eigenvalue weighted by Crippen LogP contribution is -2.03. The molecule has 0 atom stereocenters. The lowest BCUT2D eigenvalue weighted by Gasteiger charge is -2.06. The van der Waals surface area contributed by atoms with Gasteiger partial charge in [-0.05, 0) is 30.3 Å². The summed E-state index contributed by atoms with van der Waals surface area (Å²) in [4.78, 5) is 22.3. The molecule has 1 aromatic carbocycles. The number of hydrogen-bond donors (Lipinski definition) is 2. The number of hydrogen-bond acceptors (Lipinski definition) is 4. The molecule has 0 aliphatic rings. The summed E-state index contributed by atoms with van der Waals surface area (Å²) in [7, 11) is 0. The summed E-state index contributed by atoms with van der Waals surface area (Å²) in [5, 5.41) is 2.92. The zero-order chi connectivity index (χ0) is 14.7. The average Bonchev–Trinajstić information content (AvgIpc) is 2.47. The van der Waals surface area contributed by atoms with Crippen LogP contribution in [0.25, 0.3) is 11.3 Å². The van der Waals surface area contributed by atoms with Crippen LogP contribution in [0.4, 0.5) is 16.0 Å². The number of aromatic amines is 1. The first-order chi connectivity index (χ1) is 10.2. The molecule has 21 heavy (non-hydrogen) atoms. The number of rotatable bonds is 3. The standard InChI is InChI=1S/C15H11FN4O/c16-11-2-1-3-12(9-11)19-15-18-7-5-13(20-15)10-4-6-17-14(21)8-10/h1-9H,(H,17,21)(H,18,19,20). The molecule has 0 saturated heterocycles. The normalized spacial score (nSPS) is 10.3. The highest BCUT2D eigenvalue weighted by Crippen LogP contribution is 2.18. The molecule has 0 spiro atoms. The lowest BCUT2D eigenvalue weighted by molar-refractivity contribution is 0.628. The minimum absolute atomic E-state index is 0.203. The Labute approximate surface area is 119 Å². The van der Waals surface area contributed by atoms with Crippen LogP contribution in [0.15, 0.2) is 59.7 Å². The molecule has 0 radical (unpaired) electrons. The van der Waals surface area contributed by atoms with E-state index in [0.717, 1.165) is 0 Å². The molecular weight excluding hydrogens is 271 g/mol. The van der Waals surface area contributed by atoms with Crippen LogP contribution in [0.3, 0.4) is 0 Å². The van der Waals surface area contributed by atoms with Crippen LogP contribution in [-0.4, -0.2) is 15.0 Å². The largest absolute Gasteiger partial charge is 0.329 e. The third kappa shape index (κ3) is 3.11. The van der Waals surface area contributed by atoms with Crippen molar-refractivity contribution in [3.05, 3.63) is 71.0 Å². The van der Waals surface area contributed by atoms with Crippen molar-refractivity contribution in [1.82, 2.24) is 15.0 Å². The second kappa shape index (κ2) is 5.54. The fourth-order valence-corrected chi connectivity index (χ4v) is 1.88. The maximum atomic E-state index is 13.1. The van der Waals surface area contributed by atoms with Gasteiger partial charge in [0.1, 0.15) is 5.82 Å². The van der Waals surface area contributed by atoms with E-state index < -0.39 is 0 Å². The summed E-state index contributed by atoms with van der Waals surface area (Å²) >= 11 is 0. The number of halogens is 1. The fourth-order valence-electron chi connectivity index (χ4n) is 1.88. The van der Waals surface area contributed by atoms with E-state index in [1.807, 2.05) is 0 Å². The molecule has 0 saturated carbocycles. The number of aromatic nitrogens is 3. The zero-order valence-electron chi connectivity index (χ0n) is 10.9. The van der Waals surface area contributed by atoms with Crippen LogP contribution in [0.2, 0.25) is 0 Å². The molecule has 0 fully saturated rings. The van der Waals surface area contributed by atoms with Gasteiger partial charge in [0.2, 0.25) is 11.5 Å². The van der Waals surface area contributed by atoms with Gasteiger partial charge in [-0.1, -0.05) is 6.07 Å². The lowest BCUT2D eigenvalue weighted by atomic mass is 10.2. The molecular formula is C15H11FN4O. The first-order valence-electron chi connectivity index (χ1n) is 6.25. The van der Waals surface area contributed by atoms with Crippen LogP contribution in [-0.2, 0) is 0 Å². The van der Waals surface area contributed by atoms with Gasteiger partial charge in [-0.25, -0.2) is 14.4 Å². The van der Waals surface area contributed by atoms with Crippen LogP contribution in [0.1, 0.15) is 0 Å². The molecule has 104 valence electrons. The average molecular weight is 282 g/mol. The highest BCUT2D eigenvalue weighted by molar-refractivity contribution is 5.61. The number of nitrogens with zero attached hydrogens (tertiary/aromatic N) is 2. The topological polar surface area (TPSA) is 70.7 Å². The van der Waals surface area contributed by atoms with Crippen LogP contribution in [0, 0.1) is 5.82 Å². The van der Waals surface area contributed by atoms with Gasteiger partial charge >= 0.3 is 0 Å². The molecule has 0 aliphatic heterocycles. The summed E-state index contributed by atoms with van der Waals surface area (Å²) in [5.74, 6) is -0.0101. The first-order valence-corrected chi connectivity index (χ1v) is 6.25. The molecule has 0 amide bonds. The van der Waals surface area contributed by atoms with E-state index in [4.69, 9.17) is 0 Å². The highest BCUT2D eigenvalue weighted by atomic mass is 19.1. The Bertz CT molecular complexity index is 831. The van der Waals surface area contributed by atoms with Crippen molar-refractivity contribution in [3.63, 3.8) is 0 Å². The van der Waals surface area contributed by atoms with Crippen molar-refractivity contribution in [1.29, 1.82) is 0 Å². The monoisotopic (exact) mass is 282 g/mol. The van der Waals surface area contributed by atoms with Crippen LogP contribution >= 0.6 is 0 Å². The summed E-state index contributed by atoms with van der Waals surface area (Å²) in [6, 6.07) is 10.9. The fraction of sp³-hybridized carbons (Fsp3) is 0. The van der Waals surface area contributed by atoms with Gasteiger partial charge in [0.25, 0.3) is 0 Å². The molecule has 0 bridgehead atoms. The van der Waals surface area contributed by atoms with Crippen molar-refractivity contribution in [2.75, 3.05) is 5.32 Å². The predicted octanol–water partition coefficient (Wildman–Crippen LogP) is 2.71. The molecule has 0 unspecified atom stereocenters. The van der Waals surface area contributed by atoms with Crippen LogP contribution < -0.4 is 10.9 Å². The van der Waals surface area contributed by atoms with Gasteiger partial charge in [-0.15, -0.1) is 0 Å². The summed E-state index contributed by atoms with van der Waals surface area (Å²) in [6.07, 6.45) is 3.13. The maximum absolute atomic E-state index is 13.1. The predicted molar refractivity (Wildman–Crippen MR) is 77.8 cm³/mol. The van der Waals surface area contributed by atoms with Gasteiger partial charge < -0.3 is 10.3 Å². The van der Waals surface area contributed by atoms with Crippen molar-refractivity contribution < 1.29 is 4.39 Å². The third-order valence-corrected chi connectivity index (χ3v) is 2.81. The molecule has 5 nitrogen and oxygen atoms in total. The highest BCUT2D eigenvalue weighted by Gasteiger charge is 2.04. The zero-order valence-corrected chi connectivity index (χ0v) is 10.9. The van der Waals surface area contributed by atoms with Crippen molar-refractivity contribution in [2.45, 2.75) is 0 Å². The van der Waals surface area contributed by atoms with E-state index in [-0.39, 0.29) is 11.4 Å². The number of anilines is 2. The Morgan fingerprint density at radius 1 is 1.14 bits per heavy atom. The Morgan fingerprint density at radius 3 is 2.86 bits per heavy atom. The Morgan fingerprint density at radius 2 is 2.05 bits per heavy atom. The molecule has 3 rings (SSSR count). The summed E-state index contributed by atoms with van der Waals surface area (Å²) in [6.45, 7) is 0. The minimum atomic E-state index is -0.342. The van der Waals surface area contributed by atoms with E-state index >= 15 is 0 Å². The third-order valence-electron chi connectivity index (χ3n) is 2.81.